The third kappa shape index (κ3) is 4.16. The number of piperazine rings is 1. The number of carbonyl (C=O) groups excluding carboxylic acids is 1. The van der Waals surface area contributed by atoms with Gasteiger partial charge in [0.05, 0.1) is 11.9 Å². The Kier molecular flexibility index (Phi) is 5.44. The molecule has 142 valence electrons. The van der Waals surface area contributed by atoms with E-state index in [2.05, 4.69) is 15.0 Å². The first kappa shape index (κ1) is 18.4. The summed E-state index contributed by atoms with van der Waals surface area (Å²) in [5, 5.41) is 4.46. The third-order valence-electron chi connectivity index (χ3n) is 4.70. The Hall–Kier alpha value is -1.94. The molecule has 9 heteroatoms. The molecule has 1 unspecified atom stereocenters. The van der Waals surface area contributed by atoms with E-state index in [0.29, 0.717) is 10.1 Å². The van der Waals surface area contributed by atoms with E-state index >= 15 is 0 Å². The SMILES string of the molecule is CC(=O)N1CCN(CC[S+]([O-])c2nn3cc(-c4ccccc4)nc3s2)CC1. The summed E-state index contributed by atoms with van der Waals surface area (Å²) in [4.78, 5) is 20.8. The van der Waals surface area contributed by atoms with Gasteiger partial charge >= 0.3 is 4.34 Å². The Morgan fingerprint density at radius 2 is 1.96 bits per heavy atom. The van der Waals surface area contributed by atoms with Crippen molar-refractivity contribution < 1.29 is 9.35 Å². The van der Waals surface area contributed by atoms with Gasteiger partial charge in [-0.2, -0.15) is 0 Å². The molecule has 27 heavy (non-hydrogen) atoms. The van der Waals surface area contributed by atoms with Crippen LogP contribution in [-0.2, 0) is 16.0 Å². The molecule has 0 aliphatic carbocycles. The summed E-state index contributed by atoms with van der Waals surface area (Å²) >= 11 is 0.241. The van der Waals surface area contributed by atoms with Crippen LogP contribution in [0.2, 0.25) is 0 Å². The monoisotopic (exact) mass is 403 g/mol. The van der Waals surface area contributed by atoms with Gasteiger partial charge in [-0.05, 0) is 11.3 Å². The van der Waals surface area contributed by atoms with Gasteiger partial charge in [-0.3, -0.25) is 9.69 Å². The summed E-state index contributed by atoms with van der Waals surface area (Å²) in [5.41, 5.74) is 1.91. The average molecular weight is 404 g/mol. The highest BCUT2D eigenvalue weighted by Crippen LogP contribution is 2.24. The van der Waals surface area contributed by atoms with Crippen molar-refractivity contribution in [3.63, 3.8) is 0 Å². The predicted octanol–water partition coefficient (Wildman–Crippen LogP) is 1.73. The number of aromatic nitrogens is 3. The van der Waals surface area contributed by atoms with E-state index in [1.165, 1.54) is 11.3 Å². The van der Waals surface area contributed by atoms with Gasteiger partial charge in [-0.15, -0.1) is 5.10 Å². The van der Waals surface area contributed by atoms with E-state index in [1.807, 2.05) is 41.4 Å². The normalized spacial score (nSPS) is 16.7. The van der Waals surface area contributed by atoms with Crippen LogP contribution >= 0.6 is 11.3 Å². The van der Waals surface area contributed by atoms with E-state index in [0.717, 1.165) is 48.9 Å². The lowest BCUT2D eigenvalue weighted by atomic mass is 10.2. The molecule has 0 N–H and O–H groups in total. The van der Waals surface area contributed by atoms with Crippen LogP contribution in [0.3, 0.4) is 0 Å². The molecule has 2 aromatic heterocycles. The van der Waals surface area contributed by atoms with Crippen molar-refractivity contribution in [2.75, 3.05) is 38.5 Å². The molecule has 1 aromatic carbocycles. The Bertz CT molecular complexity index is 887. The minimum Gasteiger partial charge on any atom is -0.609 e. The fourth-order valence-electron chi connectivity index (χ4n) is 3.11. The highest BCUT2D eigenvalue weighted by Gasteiger charge is 2.23. The Labute approximate surface area is 164 Å². The zero-order valence-corrected chi connectivity index (χ0v) is 16.7. The number of hydrogen-bond donors (Lipinski definition) is 0. The largest absolute Gasteiger partial charge is 0.609 e. The Balaban J connectivity index is 1.35. The Morgan fingerprint density at radius 1 is 1.22 bits per heavy atom. The molecule has 0 saturated carbocycles. The Morgan fingerprint density at radius 3 is 2.63 bits per heavy atom. The first-order chi connectivity index (χ1) is 13.1. The third-order valence-corrected chi connectivity index (χ3v) is 7.25. The topological polar surface area (TPSA) is 76.8 Å². The van der Waals surface area contributed by atoms with Gasteiger partial charge in [0.25, 0.3) is 0 Å². The maximum absolute atomic E-state index is 12.6. The molecule has 0 radical (unpaired) electrons. The quantitative estimate of drug-likeness (QED) is 0.607. The van der Waals surface area contributed by atoms with Crippen LogP contribution in [0.1, 0.15) is 6.92 Å². The van der Waals surface area contributed by atoms with Gasteiger partial charge in [0.2, 0.25) is 10.9 Å². The van der Waals surface area contributed by atoms with Crippen molar-refractivity contribution in [1.29, 1.82) is 0 Å². The average Bonchev–Trinajstić information content (AvgIpc) is 3.26. The summed E-state index contributed by atoms with van der Waals surface area (Å²) in [7, 11) is 0. The predicted molar refractivity (Wildman–Crippen MR) is 106 cm³/mol. The van der Waals surface area contributed by atoms with Crippen LogP contribution < -0.4 is 0 Å². The molecular weight excluding hydrogens is 382 g/mol. The maximum Gasteiger partial charge on any atom is 0.322 e. The minimum atomic E-state index is -1.14. The summed E-state index contributed by atoms with van der Waals surface area (Å²) in [6, 6.07) is 9.95. The van der Waals surface area contributed by atoms with Crippen LogP contribution in [-0.4, -0.2) is 73.3 Å². The van der Waals surface area contributed by atoms with E-state index in [9.17, 15) is 9.35 Å². The fraction of sp³-hybridized carbons (Fsp3) is 0.389. The summed E-state index contributed by atoms with van der Waals surface area (Å²) in [5.74, 6) is 0.668. The molecule has 1 amide bonds. The molecular formula is C18H21N5O2S2. The van der Waals surface area contributed by atoms with Crippen molar-refractivity contribution in [2.45, 2.75) is 11.3 Å². The number of fused-ring (bicyclic) bond motifs is 1. The number of rotatable bonds is 5. The van der Waals surface area contributed by atoms with Crippen molar-refractivity contribution in [1.82, 2.24) is 24.4 Å². The fourth-order valence-corrected chi connectivity index (χ4v) is 5.35. The molecule has 3 heterocycles. The second kappa shape index (κ2) is 7.97. The van der Waals surface area contributed by atoms with Gasteiger partial charge in [0.15, 0.2) is 0 Å². The van der Waals surface area contributed by atoms with Crippen molar-refractivity contribution in [3.8, 4) is 11.3 Å². The second-order valence-corrected chi connectivity index (χ2v) is 9.19. The van der Waals surface area contributed by atoms with E-state index in [1.54, 1.807) is 11.4 Å². The summed E-state index contributed by atoms with van der Waals surface area (Å²) < 4.78 is 14.9. The zero-order valence-electron chi connectivity index (χ0n) is 15.1. The smallest absolute Gasteiger partial charge is 0.322 e. The number of carbonyl (C=O) groups is 1. The van der Waals surface area contributed by atoms with Crippen molar-refractivity contribution in [3.05, 3.63) is 36.5 Å². The standard InChI is InChI=1S/C18H21N5O2S2/c1-14(24)22-9-7-21(8-10-22)11-12-27(25)18-20-23-13-16(19-17(23)26-18)15-5-3-2-4-6-15/h2-6,13H,7-12H2,1H3. The molecule has 0 bridgehead atoms. The number of benzene rings is 1. The number of imidazole rings is 1. The van der Waals surface area contributed by atoms with Crippen LogP contribution in [0, 0.1) is 0 Å². The summed E-state index contributed by atoms with van der Waals surface area (Å²) in [6.45, 7) is 5.50. The van der Waals surface area contributed by atoms with Crippen molar-refractivity contribution in [2.24, 2.45) is 0 Å². The summed E-state index contributed by atoms with van der Waals surface area (Å²) in [6.07, 6.45) is 1.88. The van der Waals surface area contributed by atoms with Crippen LogP contribution in [0.4, 0.5) is 0 Å². The molecule has 4 rings (SSSR count). The van der Waals surface area contributed by atoms with Crippen LogP contribution in [0.25, 0.3) is 16.2 Å². The molecule has 1 aliphatic heterocycles. The highest BCUT2D eigenvalue weighted by atomic mass is 32.2. The molecule has 1 aliphatic rings. The second-order valence-electron chi connectivity index (χ2n) is 6.48. The van der Waals surface area contributed by atoms with E-state index in [4.69, 9.17) is 0 Å². The van der Waals surface area contributed by atoms with Gasteiger partial charge in [-0.1, -0.05) is 30.3 Å². The van der Waals surface area contributed by atoms with E-state index in [-0.39, 0.29) is 5.91 Å². The molecule has 1 atom stereocenters. The molecule has 1 fully saturated rings. The molecule has 0 spiro atoms. The van der Waals surface area contributed by atoms with Gasteiger partial charge < -0.3 is 9.45 Å². The van der Waals surface area contributed by atoms with Crippen LogP contribution in [0.15, 0.2) is 40.9 Å². The van der Waals surface area contributed by atoms with E-state index < -0.39 is 11.2 Å². The first-order valence-electron chi connectivity index (χ1n) is 8.88. The zero-order chi connectivity index (χ0) is 18.8. The lowest BCUT2D eigenvalue weighted by Gasteiger charge is -2.33. The van der Waals surface area contributed by atoms with Gasteiger partial charge in [0.1, 0.15) is 5.75 Å². The lowest BCUT2D eigenvalue weighted by molar-refractivity contribution is -0.130. The number of nitrogens with zero attached hydrogens (tertiary/aromatic N) is 5. The van der Waals surface area contributed by atoms with Gasteiger partial charge in [-0.25, -0.2) is 9.50 Å². The maximum atomic E-state index is 12.6. The van der Waals surface area contributed by atoms with Gasteiger partial charge in [0, 0.05) is 56.4 Å². The first-order valence-corrected chi connectivity index (χ1v) is 11.0. The minimum absolute atomic E-state index is 0.124. The van der Waals surface area contributed by atoms with Crippen LogP contribution in [0.5, 0.6) is 0 Å². The lowest BCUT2D eigenvalue weighted by Crippen LogP contribution is -2.49. The molecule has 7 nitrogen and oxygen atoms in total. The van der Waals surface area contributed by atoms with Crippen molar-refractivity contribution >= 4 is 33.4 Å². The number of amides is 1. The highest BCUT2D eigenvalue weighted by molar-refractivity contribution is 7.93. The molecule has 3 aromatic rings. The number of hydrogen-bond acceptors (Lipinski definition) is 6. The molecule has 1 saturated heterocycles.